The predicted octanol–water partition coefficient (Wildman–Crippen LogP) is 0.800. The molecule has 5 nitrogen and oxygen atoms in total. The molecular weight excluding hydrogens is 252 g/mol. The topological polar surface area (TPSA) is 71.2 Å². The van der Waals surface area contributed by atoms with Crippen molar-refractivity contribution in [3.8, 4) is 0 Å². The van der Waals surface area contributed by atoms with E-state index >= 15 is 0 Å². The molecule has 1 amide bonds. The largest absolute Gasteiger partial charge is 0.368 e. The molecule has 3 N–H and O–H groups in total. The number of nitrogens with zero attached hydrogens (tertiary/aromatic N) is 2. The monoisotopic (exact) mass is 278 g/mol. The zero-order chi connectivity index (χ0) is 15.0. The van der Waals surface area contributed by atoms with Gasteiger partial charge in [0.1, 0.15) is 5.54 Å². The van der Waals surface area contributed by atoms with E-state index in [4.69, 9.17) is 5.73 Å². The highest BCUT2D eigenvalue weighted by Gasteiger charge is 2.31. The second kappa shape index (κ2) is 7.97. The third-order valence-electron chi connectivity index (χ3n) is 3.43. The Balaban J connectivity index is 2.49. The first-order chi connectivity index (χ1) is 9.48. The van der Waals surface area contributed by atoms with Crippen LogP contribution in [0.3, 0.4) is 0 Å². The molecule has 0 aliphatic rings. The average Bonchev–Trinajstić information content (AvgIpc) is 2.44. The summed E-state index contributed by atoms with van der Waals surface area (Å²) < 4.78 is 0. The van der Waals surface area contributed by atoms with Crippen LogP contribution in [0.25, 0.3) is 0 Å². The van der Waals surface area contributed by atoms with Gasteiger partial charge in [0, 0.05) is 25.5 Å². The van der Waals surface area contributed by atoms with Gasteiger partial charge in [0.05, 0.1) is 0 Å². The Bertz CT molecular complexity index is 410. The van der Waals surface area contributed by atoms with Crippen molar-refractivity contribution in [1.29, 1.82) is 0 Å². The van der Waals surface area contributed by atoms with Gasteiger partial charge in [0.15, 0.2) is 0 Å². The molecule has 1 heterocycles. The number of nitrogens with one attached hydrogen (secondary N) is 1. The van der Waals surface area contributed by atoms with Crippen LogP contribution >= 0.6 is 0 Å². The van der Waals surface area contributed by atoms with E-state index in [-0.39, 0.29) is 5.91 Å². The molecule has 0 aliphatic carbocycles. The lowest BCUT2D eigenvalue weighted by atomic mass is 10.0. The lowest BCUT2D eigenvalue weighted by molar-refractivity contribution is -0.124. The van der Waals surface area contributed by atoms with Gasteiger partial charge < -0.3 is 16.0 Å². The second-order valence-corrected chi connectivity index (χ2v) is 5.47. The maximum atomic E-state index is 11.7. The van der Waals surface area contributed by atoms with Crippen molar-refractivity contribution in [2.75, 3.05) is 26.7 Å². The Morgan fingerprint density at radius 2 is 2.10 bits per heavy atom. The lowest BCUT2D eigenvalue weighted by Crippen LogP contribution is -2.59. The van der Waals surface area contributed by atoms with Gasteiger partial charge in [-0.15, -0.1) is 0 Å². The molecule has 1 atom stereocenters. The number of rotatable bonds is 9. The average molecular weight is 278 g/mol. The number of aromatic nitrogens is 1. The van der Waals surface area contributed by atoms with Crippen LogP contribution in [0, 0.1) is 0 Å². The quantitative estimate of drug-likeness (QED) is 0.701. The van der Waals surface area contributed by atoms with E-state index in [1.165, 1.54) is 5.56 Å². The molecule has 0 fully saturated rings. The van der Waals surface area contributed by atoms with Gasteiger partial charge in [-0.3, -0.25) is 9.78 Å². The standard InChI is InChI=1S/C15H26N4O/c1-4-8-18-15(2,14(16)20)12-19(3)11-7-13-5-9-17-10-6-13/h5-6,9-10,18H,4,7-8,11-12H2,1-3H3,(H2,16,20). The SMILES string of the molecule is CCCNC(C)(CN(C)CCc1ccncc1)C(N)=O. The summed E-state index contributed by atoms with van der Waals surface area (Å²) in [5.74, 6) is -0.304. The summed E-state index contributed by atoms with van der Waals surface area (Å²) >= 11 is 0. The molecule has 1 aromatic heterocycles. The molecule has 0 saturated carbocycles. The molecule has 1 aromatic rings. The first-order valence-corrected chi connectivity index (χ1v) is 7.10. The number of hydrogen-bond donors (Lipinski definition) is 2. The van der Waals surface area contributed by atoms with Crippen LogP contribution in [-0.4, -0.2) is 48.0 Å². The fraction of sp³-hybridized carbons (Fsp3) is 0.600. The minimum Gasteiger partial charge on any atom is -0.368 e. The highest BCUT2D eigenvalue weighted by Crippen LogP contribution is 2.07. The molecule has 1 rings (SSSR count). The van der Waals surface area contributed by atoms with Crippen molar-refractivity contribution < 1.29 is 4.79 Å². The van der Waals surface area contributed by atoms with Crippen molar-refractivity contribution in [1.82, 2.24) is 15.2 Å². The smallest absolute Gasteiger partial charge is 0.238 e. The van der Waals surface area contributed by atoms with Crippen molar-refractivity contribution in [3.05, 3.63) is 30.1 Å². The molecule has 20 heavy (non-hydrogen) atoms. The molecule has 0 spiro atoms. The minimum atomic E-state index is -0.678. The fourth-order valence-corrected chi connectivity index (χ4v) is 2.11. The summed E-state index contributed by atoms with van der Waals surface area (Å²) in [6, 6.07) is 4.02. The third kappa shape index (κ3) is 5.27. The number of pyridine rings is 1. The molecule has 0 saturated heterocycles. The Labute approximate surface area is 121 Å². The number of carbonyl (C=O) groups excluding carboxylic acids is 1. The second-order valence-electron chi connectivity index (χ2n) is 5.47. The highest BCUT2D eigenvalue weighted by atomic mass is 16.1. The van der Waals surface area contributed by atoms with Gasteiger partial charge in [0.2, 0.25) is 5.91 Å². The van der Waals surface area contributed by atoms with Gasteiger partial charge >= 0.3 is 0 Å². The summed E-state index contributed by atoms with van der Waals surface area (Å²) in [6.07, 6.45) is 5.50. The van der Waals surface area contributed by atoms with Gasteiger partial charge in [-0.05, 0) is 51.1 Å². The molecule has 0 bridgehead atoms. The molecule has 0 aliphatic heterocycles. The van der Waals surface area contributed by atoms with E-state index < -0.39 is 5.54 Å². The fourth-order valence-electron chi connectivity index (χ4n) is 2.11. The molecule has 1 unspecified atom stereocenters. The van der Waals surface area contributed by atoms with Crippen LogP contribution in [0.2, 0.25) is 0 Å². The summed E-state index contributed by atoms with van der Waals surface area (Å²) in [6.45, 7) is 6.21. The van der Waals surface area contributed by atoms with Crippen molar-refractivity contribution >= 4 is 5.91 Å². The van der Waals surface area contributed by atoms with E-state index in [0.717, 1.165) is 25.9 Å². The van der Waals surface area contributed by atoms with Crippen molar-refractivity contribution in [2.24, 2.45) is 5.73 Å². The Kier molecular flexibility index (Phi) is 6.61. The van der Waals surface area contributed by atoms with Crippen LogP contribution in [0.1, 0.15) is 25.8 Å². The van der Waals surface area contributed by atoms with Crippen LogP contribution in [0.5, 0.6) is 0 Å². The Morgan fingerprint density at radius 3 is 2.65 bits per heavy atom. The normalized spacial score (nSPS) is 14.2. The summed E-state index contributed by atoms with van der Waals surface area (Å²) in [5.41, 5.74) is 6.10. The van der Waals surface area contributed by atoms with E-state index in [0.29, 0.717) is 6.54 Å². The predicted molar refractivity (Wildman–Crippen MR) is 81.3 cm³/mol. The third-order valence-corrected chi connectivity index (χ3v) is 3.43. The van der Waals surface area contributed by atoms with E-state index in [2.05, 4.69) is 22.1 Å². The van der Waals surface area contributed by atoms with Crippen LogP contribution < -0.4 is 11.1 Å². The first-order valence-electron chi connectivity index (χ1n) is 7.10. The minimum absolute atomic E-state index is 0.304. The van der Waals surface area contributed by atoms with Crippen LogP contribution in [-0.2, 0) is 11.2 Å². The number of primary amides is 1. The summed E-state index contributed by atoms with van der Waals surface area (Å²) in [4.78, 5) is 17.8. The van der Waals surface area contributed by atoms with E-state index in [9.17, 15) is 4.79 Å². The van der Waals surface area contributed by atoms with Gasteiger partial charge in [-0.25, -0.2) is 0 Å². The van der Waals surface area contributed by atoms with Crippen molar-refractivity contribution in [3.63, 3.8) is 0 Å². The van der Waals surface area contributed by atoms with Gasteiger partial charge in [-0.2, -0.15) is 0 Å². The number of hydrogen-bond acceptors (Lipinski definition) is 4. The number of nitrogens with two attached hydrogens (primary N) is 1. The maximum Gasteiger partial charge on any atom is 0.238 e. The molecule has 112 valence electrons. The van der Waals surface area contributed by atoms with Crippen LogP contribution in [0.15, 0.2) is 24.5 Å². The molecular formula is C15H26N4O. The Hall–Kier alpha value is -1.46. The van der Waals surface area contributed by atoms with E-state index in [1.807, 2.05) is 26.1 Å². The zero-order valence-electron chi connectivity index (χ0n) is 12.7. The lowest BCUT2D eigenvalue weighted by Gasteiger charge is -2.32. The Morgan fingerprint density at radius 1 is 1.45 bits per heavy atom. The molecule has 0 aromatic carbocycles. The first kappa shape index (κ1) is 16.6. The summed E-state index contributed by atoms with van der Waals surface area (Å²) in [7, 11) is 2.01. The van der Waals surface area contributed by atoms with Crippen LogP contribution in [0.4, 0.5) is 0 Å². The number of likely N-dealkylation sites (N-methyl/N-ethyl adjacent to an activating group) is 1. The number of carbonyl (C=O) groups is 1. The number of amides is 1. The van der Waals surface area contributed by atoms with Crippen molar-refractivity contribution in [2.45, 2.75) is 32.2 Å². The van der Waals surface area contributed by atoms with Gasteiger partial charge in [-0.1, -0.05) is 6.92 Å². The highest BCUT2D eigenvalue weighted by molar-refractivity contribution is 5.84. The molecule has 5 heteroatoms. The molecule has 0 radical (unpaired) electrons. The summed E-state index contributed by atoms with van der Waals surface area (Å²) in [5, 5.41) is 3.25. The maximum absolute atomic E-state index is 11.7. The van der Waals surface area contributed by atoms with Gasteiger partial charge in [0.25, 0.3) is 0 Å². The van der Waals surface area contributed by atoms with E-state index in [1.54, 1.807) is 12.4 Å². The zero-order valence-corrected chi connectivity index (χ0v) is 12.7.